The van der Waals surface area contributed by atoms with E-state index in [1.807, 2.05) is 24.4 Å². The van der Waals surface area contributed by atoms with Crippen LogP contribution in [0.15, 0.2) is 23.6 Å². The van der Waals surface area contributed by atoms with Gasteiger partial charge in [0.25, 0.3) is 0 Å². The Bertz CT molecular complexity index is 527. The summed E-state index contributed by atoms with van der Waals surface area (Å²) in [5.74, 6) is 0.699. The summed E-state index contributed by atoms with van der Waals surface area (Å²) < 4.78 is 0. The van der Waals surface area contributed by atoms with E-state index < -0.39 is 0 Å². The summed E-state index contributed by atoms with van der Waals surface area (Å²) >= 11 is 1.62. The van der Waals surface area contributed by atoms with Crippen molar-refractivity contribution in [3.05, 3.63) is 40.0 Å². The van der Waals surface area contributed by atoms with Crippen LogP contribution in [0.5, 0.6) is 0 Å². The molecule has 2 heterocycles. The number of anilines is 1. The number of pyridine rings is 1. The van der Waals surface area contributed by atoms with Crippen molar-refractivity contribution in [1.82, 2.24) is 9.97 Å². The van der Waals surface area contributed by atoms with E-state index in [1.165, 1.54) is 0 Å². The van der Waals surface area contributed by atoms with Crippen LogP contribution in [0, 0.1) is 18.3 Å². The molecule has 16 heavy (non-hydrogen) atoms. The fourth-order valence-corrected chi connectivity index (χ4v) is 1.88. The lowest BCUT2D eigenvalue weighted by Crippen LogP contribution is -2.02. The van der Waals surface area contributed by atoms with E-state index in [0.717, 1.165) is 10.7 Å². The number of aromatic nitrogens is 2. The Balaban J connectivity index is 2.02. The molecular formula is C11H10N4S. The first kappa shape index (κ1) is 10.6. The minimum atomic E-state index is 0.416. The predicted octanol–water partition coefficient (Wildman–Crippen LogP) is 2.33. The lowest BCUT2D eigenvalue weighted by molar-refractivity contribution is 1.03. The second-order valence-corrected chi connectivity index (χ2v) is 4.29. The van der Waals surface area contributed by atoms with E-state index in [9.17, 15) is 0 Å². The summed E-state index contributed by atoms with van der Waals surface area (Å²) in [5, 5.41) is 14.9. The lowest BCUT2D eigenvalue weighted by Gasteiger charge is -2.02. The monoisotopic (exact) mass is 230 g/mol. The molecule has 4 nitrogen and oxygen atoms in total. The van der Waals surface area contributed by atoms with Crippen molar-refractivity contribution in [3.8, 4) is 6.07 Å². The van der Waals surface area contributed by atoms with E-state index in [2.05, 4.69) is 15.3 Å². The molecule has 2 aromatic heterocycles. The van der Waals surface area contributed by atoms with E-state index in [4.69, 9.17) is 5.26 Å². The summed E-state index contributed by atoms with van der Waals surface area (Å²) in [6.07, 6.45) is 0. The average Bonchev–Trinajstić information content (AvgIpc) is 2.73. The van der Waals surface area contributed by atoms with Crippen LogP contribution in [0.25, 0.3) is 0 Å². The van der Waals surface area contributed by atoms with Crippen LogP contribution in [-0.2, 0) is 6.54 Å². The first-order valence-corrected chi connectivity index (χ1v) is 5.68. The topological polar surface area (TPSA) is 61.6 Å². The zero-order valence-electron chi connectivity index (χ0n) is 8.77. The third-order valence-electron chi connectivity index (χ3n) is 1.98. The molecule has 0 spiro atoms. The normalized spacial score (nSPS) is 9.75. The highest BCUT2D eigenvalue weighted by molar-refractivity contribution is 7.09. The molecule has 0 bridgehead atoms. The lowest BCUT2D eigenvalue weighted by atomic mass is 10.3. The van der Waals surface area contributed by atoms with Gasteiger partial charge in [-0.3, -0.25) is 0 Å². The molecule has 0 fully saturated rings. The number of rotatable bonds is 3. The molecule has 0 radical (unpaired) electrons. The standard InChI is InChI=1S/C11H10N4S/c1-8-14-10(7-16-8)6-13-11-4-2-3-9(5-12)15-11/h2-4,7H,6H2,1H3,(H,13,15). The maximum Gasteiger partial charge on any atom is 0.142 e. The van der Waals surface area contributed by atoms with Crippen LogP contribution in [0.1, 0.15) is 16.4 Å². The molecule has 0 saturated carbocycles. The summed E-state index contributed by atoms with van der Waals surface area (Å²) in [7, 11) is 0. The fraction of sp³-hybridized carbons (Fsp3) is 0.182. The van der Waals surface area contributed by atoms with Crippen molar-refractivity contribution >= 4 is 17.2 Å². The summed E-state index contributed by atoms with van der Waals surface area (Å²) in [4.78, 5) is 8.45. The number of nitriles is 1. The molecule has 0 amide bonds. The van der Waals surface area contributed by atoms with Gasteiger partial charge in [0, 0.05) is 5.38 Å². The Hall–Kier alpha value is -1.93. The molecule has 0 aromatic carbocycles. The minimum absolute atomic E-state index is 0.416. The van der Waals surface area contributed by atoms with E-state index in [1.54, 1.807) is 23.5 Å². The van der Waals surface area contributed by atoms with E-state index in [-0.39, 0.29) is 0 Å². The Morgan fingerprint density at radius 3 is 3.00 bits per heavy atom. The molecule has 2 rings (SSSR count). The molecule has 0 aliphatic rings. The van der Waals surface area contributed by atoms with E-state index in [0.29, 0.717) is 18.1 Å². The largest absolute Gasteiger partial charge is 0.364 e. The number of nitrogens with zero attached hydrogens (tertiary/aromatic N) is 3. The Morgan fingerprint density at radius 2 is 2.31 bits per heavy atom. The molecule has 0 atom stereocenters. The first-order valence-electron chi connectivity index (χ1n) is 4.80. The highest BCUT2D eigenvalue weighted by atomic mass is 32.1. The number of hydrogen-bond donors (Lipinski definition) is 1. The van der Waals surface area contributed by atoms with Gasteiger partial charge in [-0.25, -0.2) is 9.97 Å². The van der Waals surface area contributed by atoms with Crippen molar-refractivity contribution < 1.29 is 0 Å². The SMILES string of the molecule is Cc1nc(CNc2cccc(C#N)n2)cs1. The maximum absolute atomic E-state index is 8.70. The van der Waals surface area contributed by atoms with Gasteiger partial charge in [-0.15, -0.1) is 11.3 Å². The van der Waals surface area contributed by atoms with Crippen molar-refractivity contribution in [3.63, 3.8) is 0 Å². The van der Waals surface area contributed by atoms with Gasteiger partial charge in [-0.2, -0.15) is 5.26 Å². The van der Waals surface area contributed by atoms with Crippen LogP contribution in [-0.4, -0.2) is 9.97 Å². The average molecular weight is 230 g/mol. The number of aryl methyl sites for hydroxylation is 1. The Kier molecular flexibility index (Phi) is 3.13. The number of nitrogens with one attached hydrogen (secondary N) is 1. The molecule has 0 saturated heterocycles. The Labute approximate surface area is 97.6 Å². The zero-order chi connectivity index (χ0) is 11.4. The summed E-state index contributed by atoms with van der Waals surface area (Å²) in [6.45, 7) is 2.61. The molecule has 0 aliphatic carbocycles. The van der Waals surface area contributed by atoms with Crippen molar-refractivity contribution in [1.29, 1.82) is 5.26 Å². The zero-order valence-corrected chi connectivity index (χ0v) is 9.58. The van der Waals surface area contributed by atoms with Gasteiger partial charge in [0.2, 0.25) is 0 Å². The third kappa shape index (κ3) is 2.55. The van der Waals surface area contributed by atoms with Gasteiger partial charge in [-0.1, -0.05) is 6.07 Å². The van der Waals surface area contributed by atoms with Gasteiger partial charge < -0.3 is 5.32 Å². The van der Waals surface area contributed by atoms with Gasteiger partial charge in [0.1, 0.15) is 17.6 Å². The van der Waals surface area contributed by atoms with Gasteiger partial charge in [0.05, 0.1) is 17.2 Å². The predicted molar refractivity (Wildman–Crippen MR) is 63.1 cm³/mol. The van der Waals surface area contributed by atoms with Gasteiger partial charge in [-0.05, 0) is 19.1 Å². The molecule has 5 heteroatoms. The number of hydrogen-bond acceptors (Lipinski definition) is 5. The van der Waals surface area contributed by atoms with Crippen molar-refractivity contribution in [2.75, 3.05) is 5.32 Å². The van der Waals surface area contributed by atoms with Gasteiger partial charge in [0.15, 0.2) is 0 Å². The summed E-state index contributed by atoms with van der Waals surface area (Å²) in [6, 6.07) is 7.32. The Morgan fingerprint density at radius 1 is 1.44 bits per heavy atom. The molecule has 80 valence electrons. The first-order chi connectivity index (χ1) is 7.78. The van der Waals surface area contributed by atoms with Crippen LogP contribution in [0.2, 0.25) is 0 Å². The van der Waals surface area contributed by atoms with Crippen molar-refractivity contribution in [2.24, 2.45) is 0 Å². The highest BCUT2D eigenvalue weighted by Gasteiger charge is 1.99. The third-order valence-corrected chi connectivity index (χ3v) is 2.80. The number of thiazole rings is 1. The van der Waals surface area contributed by atoms with Crippen LogP contribution in [0.3, 0.4) is 0 Å². The van der Waals surface area contributed by atoms with E-state index >= 15 is 0 Å². The summed E-state index contributed by atoms with van der Waals surface area (Å²) in [5.41, 5.74) is 1.41. The second kappa shape index (κ2) is 4.73. The maximum atomic E-state index is 8.70. The fourth-order valence-electron chi connectivity index (χ4n) is 1.27. The highest BCUT2D eigenvalue weighted by Crippen LogP contribution is 2.10. The second-order valence-electron chi connectivity index (χ2n) is 3.23. The molecule has 0 unspecified atom stereocenters. The van der Waals surface area contributed by atoms with Crippen molar-refractivity contribution in [2.45, 2.75) is 13.5 Å². The quantitative estimate of drug-likeness (QED) is 0.879. The van der Waals surface area contributed by atoms with Crippen LogP contribution in [0.4, 0.5) is 5.82 Å². The van der Waals surface area contributed by atoms with Gasteiger partial charge >= 0.3 is 0 Å². The van der Waals surface area contributed by atoms with Crippen LogP contribution >= 0.6 is 11.3 Å². The molecule has 2 aromatic rings. The smallest absolute Gasteiger partial charge is 0.142 e. The minimum Gasteiger partial charge on any atom is -0.364 e. The van der Waals surface area contributed by atoms with Crippen LogP contribution < -0.4 is 5.32 Å². The molecule has 0 aliphatic heterocycles. The molecule has 1 N–H and O–H groups in total. The molecular weight excluding hydrogens is 220 g/mol.